The van der Waals surface area contributed by atoms with Crippen LogP contribution in [0.4, 0.5) is 17.1 Å². The van der Waals surface area contributed by atoms with Crippen LogP contribution in [0.5, 0.6) is 0 Å². The van der Waals surface area contributed by atoms with E-state index in [9.17, 15) is 0 Å². The first-order chi connectivity index (χ1) is 71.1. The van der Waals surface area contributed by atoms with Crippen molar-refractivity contribution < 1.29 is 4.42 Å². The largest absolute Gasteiger partial charge is 0.456 e. The highest BCUT2D eigenvalue weighted by Crippen LogP contribution is 2.61. The molecule has 0 unspecified atom stereocenters. The van der Waals surface area contributed by atoms with E-state index < -0.39 is 0 Å². The van der Waals surface area contributed by atoms with Crippen LogP contribution < -0.4 is 4.90 Å². The molecule has 3 aromatic heterocycles. The average Bonchev–Trinajstić information content (AvgIpc) is 1.63. The Bertz CT molecular complexity index is 9600. The molecule has 0 saturated heterocycles. The van der Waals surface area contributed by atoms with Gasteiger partial charge in [0.15, 0.2) is 34.9 Å². The fourth-order valence-electron chi connectivity index (χ4n) is 24.5. The monoisotopic (exact) mass is 1890 g/mol. The van der Waals surface area contributed by atoms with E-state index >= 15 is 0 Å². The summed E-state index contributed by atoms with van der Waals surface area (Å²) in [6.07, 6.45) is 0. The topological polar surface area (TPSA) is 93.7 Å². The van der Waals surface area contributed by atoms with Gasteiger partial charge in [-0.1, -0.05) is 412 Å². The first-order valence-corrected chi connectivity index (χ1v) is 51.6. The number of rotatable bonds is 9. The lowest BCUT2D eigenvalue weighted by atomic mass is 9.55. The van der Waals surface area contributed by atoms with Gasteiger partial charge in [0.05, 0.1) is 5.69 Å². The van der Waals surface area contributed by atoms with E-state index in [0.717, 1.165) is 66.4 Å². The number of hydrogen-bond donors (Lipinski definition) is 0. The molecule has 4 aliphatic carbocycles. The van der Waals surface area contributed by atoms with Gasteiger partial charge in [-0.3, -0.25) is 0 Å². The van der Waals surface area contributed by atoms with Crippen molar-refractivity contribution in [2.75, 3.05) is 4.90 Å². The minimum absolute atomic E-state index is 0.0190. The minimum Gasteiger partial charge on any atom is -0.456 e. The van der Waals surface area contributed by atoms with Gasteiger partial charge in [0.25, 0.3) is 0 Å². The van der Waals surface area contributed by atoms with Crippen molar-refractivity contribution in [2.24, 2.45) is 0 Å². The second-order valence-corrected chi connectivity index (χ2v) is 44.5. The fourth-order valence-corrected chi connectivity index (χ4v) is 24.5. The smallest absolute Gasteiger partial charge is 0.164 e. The Balaban J connectivity index is 0.000000112. The molecule has 0 amide bonds. The van der Waals surface area contributed by atoms with Gasteiger partial charge in [0.2, 0.25) is 0 Å². The summed E-state index contributed by atoms with van der Waals surface area (Å²) in [5, 5.41) is 19.8. The van der Waals surface area contributed by atoms with E-state index in [1.54, 1.807) is 0 Å². The molecule has 708 valence electrons. The molecule has 0 radical (unpaired) electrons. The normalized spacial score (nSPS) is 15.1. The number of fused-ring (bicyclic) bond motifs is 25. The Morgan fingerprint density at radius 1 is 0.170 bits per heavy atom. The van der Waals surface area contributed by atoms with Gasteiger partial charge in [-0.2, -0.15) is 0 Å². The highest BCUT2D eigenvalue weighted by Gasteiger charge is 2.50. The Kier molecular flexibility index (Phi) is 20.6. The van der Waals surface area contributed by atoms with Gasteiger partial charge in [-0.05, 0) is 295 Å². The number of aromatic nitrogens is 6. The number of nitrogens with zero attached hydrogens (tertiary/aromatic N) is 7. The zero-order valence-corrected chi connectivity index (χ0v) is 85.4. The van der Waals surface area contributed by atoms with Gasteiger partial charge < -0.3 is 9.32 Å². The van der Waals surface area contributed by atoms with Crippen molar-refractivity contribution in [1.29, 1.82) is 0 Å². The molecule has 24 aromatic rings. The van der Waals surface area contributed by atoms with Crippen molar-refractivity contribution in [3.05, 3.63) is 463 Å². The molecule has 0 bridgehead atoms. The predicted octanol–water partition coefficient (Wildman–Crippen LogP) is 36.9. The molecule has 8 heteroatoms. The summed E-state index contributed by atoms with van der Waals surface area (Å²) in [4.78, 5) is 33.0. The zero-order chi connectivity index (χ0) is 100. The van der Waals surface area contributed by atoms with E-state index in [-0.39, 0.29) is 37.9 Å². The lowest BCUT2D eigenvalue weighted by molar-refractivity contribution is 0.299. The molecular formula is C139H111N7O. The minimum atomic E-state index is -0.180. The van der Waals surface area contributed by atoms with Crippen molar-refractivity contribution >= 4 is 114 Å². The van der Waals surface area contributed by atoms with Gasteiger partial charge in [0, 0.05) is 66.3 Å². The second kappa shape index (κ2) is 33.6. The number of anilines is 3. The van der Waals surface area contributed by atoms with Gasteiger partial charge in [-0.25, -0.2) is 29.9 Å². The molecule has 0 aliphatic heterocycles. The number of hydrogen-bond acceptors (Lipinski definition) is 8. The molecule has 21 aromatic carbocycles. The Morgan fingerprint density at radius 2 is 0.524 bits per heavy atom. The molecule has 0 spiro atoms. The van der Waals surface area contributed by atoms with Crippen molar-refractivity contribution in [1.82, 2.24) is 29.9 Å². The van der Waals surface area contributed by atoms with E-state index in [2.05, 4.69) is 460 Å². The molecular weight excluding hydrogens is 1780 g/mol. The number of furan rings is 1. The van der Waals surface area contributed by atoms with E-state index in [0.29, 0.717) is 34.9 Å². The predicted molar refractivity (Wildman–Crippen MR) is 615 cm³/mol. The number of benzene rings is 21. The molecule has 8 nitrogen and oxygen atoms in total. The fraction of sp³-hybridized carbons (Fsp3) is 0.151. The quantitative estimate of drug-likeness (QED) is 0.132. The maximum atomic E-state index is 6.26. The van der Waals surface area contributed by atoms with Crippen LogP contribution in [0.1, 0.15) is 141 Å². The summed E-state index contributed by atoms with van der Waals surface area (Å²) >= 11 is 0. The van der Waals surface area contributed by atoms with Crippen molar-refractivity contribution in [2.45, 2.75) is 135 Å². The van der Waals surface area contributed by atoms with Crippen LogP contribution in [-0.2, 0) is 37.9 Å². The lowest BCUT2D eigenvalue weighted by Crippen LogP contribution is -2.43. The SMILES string of the molecule is CC1(C)c2cc(-c3nc(-c4ccccc4)nc(-c4ccc5c(c4)oc4ccccc45)n3)ccc2-c2cc3c(ccc4ccccc43)cc2C1(C)C.CC1(C)c2ccc(-c3nc(-c4ccccc4)nc(-c4ccc5ccccc5c4)n3)cc2-c2cc3c(ccc4ccccc43)cc2C1(C)C.CC1(C)c2ccccc2-c2ccc(N(c3ccccc3)c3cc4cc5c(cc4c4ccccc34)-c3ccccc3C(C)(C)C5(C)C)cc21. The standard InChI is InChI=1S/C47H35N3O.C47H41N.C45H35N3/c1-46(2)39-25-31(20-22-34(39)38-27-37-30(24-40(38)47(46,3)4)19-18-28-12-8-9-15-33(28)37)44-48-43(29-13-6-5-7-14-29)49-45(50-44)32-21-23-36-35-16-10-11-17-41(35)51-42(36)26-32;1-45(2)40-22-14-12-19-34(40)36-25-24-32(28-42(36)45)48(31-16-8-7-9-17-31)44-27-30-26-43-39(29-38(30)33-18-10-11-21-37(33)44)35-20-13-15-23-41(35)46(3,4)47(43,5)6;1-44(2)39-23-22-34(25-37(39)38-27-36-32(26-40(38)45(44,3)4)20-19-29-13-10-11-17-35(29)36)43-47-41(30-14-6-5-7-15-30)46-42(48-43)33-21-18-28-12-8-9-16-31(28)24-33/h5-27H,1-4H3;7-29H,1-6H3;5-27H,1-4H3. The summed E-state index contributed by atoms with van der Waals surface area (Å²) in [5.74, 6) is 3.91. The third kappa shape index (κ3) is 14.3. The maximum absolute atomic E-state index is 6.26. The molecule has 0 atom stereocenters. The number of para-hydroxylation sites is 2. The Morgan fingerprint density at radius 3 is 1.10 bits per heavy atom. The zero-order valence-electron chi connectivity index (χ0n) is 85.4. The first kappa shape index (κ1) is 90.1. The summed E-state index contributed by atoms with van der Waals surface area (Å²) in [7, 11) is 0. The molecule has 3 heterocycles. The van der Waals surface area contributed by atoms with E-state index in [1.165, 1.54) is 170 Å². The van der Waals surface area contributed by atoms with Crippen molar-refractivity contribution in [3.8, 4) is 113 Å². The van der Waals surface area contributed by atoms with Crippen LogP contribution >= 0.6 is 0 Å². The van der Waals surface area contributed by atoms with Gasteiger partial charge in [-0.15, -0.1) is 0 Å². The van der Waals surface area contributed by atoms with Crippen LogP contribution in [0.15, 0.2) is 423 Å². The van der Waals surface area contributed by atoms with Crippen LogP contribution in [0.3, 0.4) is 0 Å². The van der Waals surface area contributed by atoms with Gasteiger partial charge in [0.1, 0.15) is 11.2 Å². The third-order valence-corrected chi connectivity index (χ3v) is 34.9. The molecule has 147 heavy (non-hydrogen) atoms. The van der Waals surface area contributed by atoms with Crippen LogP contribution in [0, 0.1) is 0 Å². The Hall–Kier alpha value is -16.9. The van der Waals surface area contributed by atoms with Crippen LogP contribution in [-0.4, -0.2) is 29.9 Å². The van der Waals surface area contributed by atoms with Crippen LogP contribution in [0.25, 0.3) is 210 Å². The second-order valence-electron chi connectivity index (χ2n) is 44.5. The molecule has 0 saturated carbocycles. The summed E-state index contributed by atoms with van der Waals surface area (Å²) < 4.78 is 6.26. The third-order valence-electron chi connectivity index (χ3n) is 34.9. The van der Waals surface area contributed by atoms with E-state index in [4.69, 9.17) is 34.3 Å². The van der Waals surface area contributed by atoms with Crippen LogP contribution in [0.2, 0.25) is 0 Å². The summed E-state index contributed by atoms with van der Waals surface area (Å²) in [6, 6.07) is 152. The molecule has 28 rings (SSSR count). The Labute approximate surface area is 858 Å². The van der Waals surface area contributed by atoms with Crippen molar-refractivity contribution in [3.63, 3.8) is 0 Å². The van der Waals surface area contributed by atoms with Gasteiger partial charge >= 0.3 is 0 Å². The highest BCUT2D eigenvalue weighted by atomic mass is 16.3. The lowest BCUT2D eigenvalue weighted by Gasteiger charge is -2.48. The first-order valence-electron chi connectivity index (χ1n) is 51.6. The molecule has 0 N–H and O–H groups in total. The molecule has 0 fully saturated rings. The average molecular weight is 1900 g/mol. The molecule has 4 aliphatic rings. The van der Waals surface area contributed by atoms with E-state index in [1.807, 2.05) is 60.7 Å². The highest BCUT2D eigenvalue weighted by molar-refractivity contribution is 6.17. The summed E-state index contributed by atoms with van der Waals surface area (Å²) in [5.41, 5.74) is 31.8. The maximum Gasteiger partial charge on any atom is 0.164 e. The summed E-state index contributed by atoms with van der Waals surface area (Å²) in [6.45, 7) is 33.5.